The molecule has 1 heterocycles. The zero-order valence-electron chi connectivity index (χ0n) is 15.1. The monoisotopic (exact) mass is 365 g/mol. The van der Waals surface area contributed by atoms with Gasteiger partial charge in [0.15, 0.2) is 0 Å². The lowest BCUT2D eigenvalue weighted by atomic mass is 10.2. The minimum atomic E-state index is -0.489. The molecule has 1 aromatic heterocycles. The highest BCUT2D eigenvalue weighted by molar-refractivity contribution is 5.94. The van der Waals surface area contributed by atoms with Crippen molar-refractivity contribution in [2.24, 2.45) is 0 Å². The Morgan fingerprint density at radius 1 is 1.15 bits per heavy atom. The van der Waals surface area contributed by atoms with Crippen molar-refractivity contribution in [1.82, 2.24) is 4.57 Å². The molecule has 0 spiro atoms. The van der Waals surface area contributed by atoms with E-state index >= 15 is 0 Å². The fourth-order valence-electron chi connectivity index (χ4n) is 3.09. The number of aryl methyl sites for hydroxylation is 1. The number of likely N-dealkylation sites (N-methyl/N-ethyl adjacent to an activating group) is 1. The van der Waals surface area contributed by atoms with E-state index in [1.165, 1.54) is 34.9 Å². The molecule has 0 aliphatic heterocycles. The van der Waals surface area contributed by atoms with Gasteiger partial charge in [-0.2, -0.15) is 0 Å². The number of anilines is 1. The molecule has 0 aliphatic rings. The summed E-state index contributed by atoms with van der Waals surface area (Å²) in [4.78, 5) is 37.3. The van der Waals surface area contributed by atoms with Gasteiger partial charge in [-0.25, -0.2) is 0 Å². The van der Waals surface area contributed by atoms with Crippen molar-refractivity contribution < 1.29 is 9.72 Å². The predicted octanol–water partition coefficient (Wildman–Crippen LogP) is 3.27. The second kappa shape index (κ2) is 7.41. The van der Waals surface area contributed by atoms with Crippen LogP contribution in [-0.4, -0.2) is 21.9 Å². The topological polar surface area (TPSA) is 85.5 Å². The average molecular weight is 365 g/mol. The number of carbonyl (C=O) groups is 1. The minimum Gasteiger partial charge on any atom is -0.311 e. The summed E-state index contributed by atoms with van der Waals surface area (Å²) in [5, 5.41) is 11.5. The van der Waals surface area contributed by atoms with Gasteiger partial charge in [0.05, 0.1) is 10.4 Å². The van der Waals surface area contributed by atoms with Crippen molar-refractivity contribution in [3.05, 3.63) is 80.6 Å². The third-order valence-corrected chi connectivity index (χ3v) is 4.41. The first kappa shape index (κ1) is 18.3. The number of fused-ring (bicyclic) bond motifs is 1. The molecule has 2 aromatic carbocycles. The fraction of sp³-hybridized carbons (Fsp3) is 0.200. The van der Waals surface area contributed by atoms with Crippen LogP contribution >= 0.6 is 0 Å². The summed E-state index contributed by atoms with van der Waals surface area (Å²) in [7, 11) is 0. The number of hydrogen-bond donors (Lipinski definition) is 0. The maximum absolute atomic E-state index is 12.9. The molecule has 1 amide bonds. The van der Waals surface area contributed by atoms with Gasteiger partial charge >= 0.3 is 0 Å². The van der Waals surface area contributed by atoms with Crippen LogP contribution in [0, 0.1) is 17.0 Å². The van der Waals surface area contributed by atoms with Gasteiger partial charge in [0.2, 0.25) is 5.91 Å². The highest BCUT2D eigenvalue weighted by atomic mass is 16.6. The lowest BCUT2D eigenvalue weighted by Crippen LogP contribution is -2.36. The molecule has 0 unspecified atom stereocenters. The maximum Gasteiger partial charge on any atom is 0.270 e. The molecule has 27 heavy (non-hydrogen) atoms. The Labute approximate surface area is 155 Å². The van der Waals surface area contributed by atoms with E-state index < -0.39 is 4.92 Å². The lowest BCUT2D eigenvalue weighted by Gasteiger charge is -2.22. The van der Waals surface area contributed by atoms with Crippen LogP contribution < -0.4 is 10.5 Å². The third kappa shape index (κ3) is 3.72. The number of nitro benzene ring substituents is 1. The van der Waals surface area contributed by atoms with Crippen molar-refractivity contribution in [3.63, 3.8) is 0 Å². The quantitative estimate of drug-likeness (QED) is 0.513. The summed E-state index contributed by atoms with van der Waals surface area (Å²) in [5.74, 6) is -0.226. The Bertz CT molecular complexity index is 1090. The fourth-order valence-corrected chi connectivity index (χ4v) is 3.09. The summed E-state index contributed by atoms with van der Waals surface area (Å²) in [5.41, 5.74) is 1.90. The minimum absolute atomic E-state index is 0.0611. The zero-order valence-corrected chi connectivity index (χ0v) is 15.1. The average Bonchev–Trinajstić information content (AvgIpc) is 2.64. The van der Waals surface area contributed by atoms with E-state index in [1.54, 1.807) is 4.90 Å². The zero-order chi connectivity index (χ0) is 19.6. The first-order valence-electron chi connectivity index (χ1n) is 8.55. The predicted molar refractivity (Wildman–Crippen MR) is 104 cm³/mol. The van der Waals surface area contributed by atoms with Crippen LogP contribution in [0.5, 0.6) is 0 Å². The van der Waals surface area contributed by atoms with Crippen molar-refractivity contribution in [2.45, 2.75) is 20.4 Å². The molecule has 0 bridgehead atoms. The number of carbonyl (C=O) groups excluding carboxylic acids is 1. The lowest BCUT2D eigenvalue weighted by molar-refractivity contribution is -0.384. The highest BCUT2D eigenvalue weighted by Crippen LogP contribution is 2.21. The van der Waals surface area contributed by atoms with Gasteiger partial charge < -0.3 is 4.90 Å². The number of nitrogens with zero attached hydrogens (tertiary/aromatic N) is 3. The van der Waals surface area contributed by atoms with Gasteiger partial charge in [0, 0.05) is 35.8 Å². The smallest absolute Gasteiger partial charge is 0.270 e. The van der Waals surface area contributed by atoms with Crippen molar-refractivity contribution in [1.29, 1.82) is 0 Å². The van der Waals surface area contributed by atoms with Crippen LogP contribution in [0.2, 0.25) is 0 Å². The second-order valence-electron chi connectivity index (χ2n) is 6.23. The number of non-ortho nitro benzene ring substituents is 1. The van der Waals surface area contributed by atoms with Crippen LogP contribution in [0.4, 0.5) is 11.4 Å². The Kier molecular flexibility index (Phi) is 5.03. The van der Waals surface area contributed by atoms with Gasteiger partial charge in [-0.15, -0.1) is 0 Å². The Balaban J connectivity index is 1.99. The van der Waals surface area contributed by atoms with E-state index in [1.807, 2.05) is 38.1 Å². The Morgan fingerprint density at radius 2 is 1.93 bits per heavy atom. The molecule has 0 aliphatic carbocycles. The molecule has 138 valence electrons. The Morgan fingerprint density at radius 3 is 2.59 bits per heavy atom. The molecule has 0 atom stereocenters. The molecular formula is C20H19N3O4. The van der Waals surface area contributed by atoms with Gasteiger partial charge in [-0.05, 0) is 43.7 Å². The van der Waals surface area contributed by atoms with E-state index in [9.17, 15) is 19.7 Å². The first-order chi connectivity index (χ1) is 12.9. The summed E-state index contributed by atoms with van der Waals surface area (Å²) >= 11 is 0. The van der Waals surface area contributed by atoms with E-state index in [2.05, 4.69) is 0 Å². The number of amides is 1. The third-order valence-electron chi connectivity index (χ3n) is 4.41. The summed E-state index contributed by atoms with van der Waals surface area (Å²) in [6, 6.07) is 14.7. The molecule has 0 saturated carbocycles. The normalized spacial score (nSPS) is 10.7. The van der Waals surface area contributed by atoms with Crippen molar-refractivity contribution in [3.8, 4) is 0 Å². The van der Waals surface area contributed by atoms with Gasteiger partial charge in [-0.1, -0.05) is 12.1 Å². The van der Waals surface area contributed by atoms with E-state index in [-0.39, 0.29) is 23.7 Å². The largest absolute Gasteiger partial charge is 0.311 e. The standard InChI is InChI=1S/C20H19N3O4/c1-3-21(16-6-4-5-14(2)11-16)20(25)13-22-18-9-8-17(23(26)27)12-15(18)7-10-19(22)24/h4-12H,3,13H2,1-2H3. The number of hydrogen-bond acceptors (Lipinski definition) is 4. The molecule has 0 radical (unpaired) electrons. The second-order valence-corrected chi connectivity index (χ2v) is 6.23. The molecule has 7 heteroatoms. The number of nitro groups is 1. The molecule has 0 saturated heterocycles. The van der Waals surface area contributed by atoms with Gasteiger partial charge in [-0.3, -0.25) is 24.3 Å². The van der Waals surface area contributed by atoms with E-state index in [0.29, 0.717) is 17.4 Å². The van der Waals surface area contributed by atoms with Crippen LogP contribution in [-0.2, 0) is 11.3 Å². The molecule has 0 fully saturated rings. The van der Waals surface area contributed by atoms with Crippen LogP contribution in [0.15, 0.2) is 59.4 Å². The first-order valence-corrected chi connectivity index (χ1v) is 8.55. The van der Waals surface area contributed by atoms with Crippen molar-refractivity contribution in [2.75, 3.05) is 11.4 Å². The molecule has 7 nitrogen and oxygen atoms in total. The van der Waals surface area contributed by atoms with Crippen LogP contribution in [0.25, 0.3) is 10.9 Å². The molecule has 3 rings (SSSR count). The number of benzene rings is 2. The maximum atomic E-state index is 12.9. The summed E-state index contributed by atoms with van der Waals surface area (Å²) < 4.78 is 1.35. The number of aromatic nitrogens is 1. The number of rotatable bonds is 5. The van der Waals surface area contributed by atoms with Crippen molar-refractivity contribution >= 4 is 28.2 Å². The van der Waals surface area contributed by atoms with E-state index in [0.717, 1.165) is 11.3 Å². The Hall–Kier alpha value is -3.48. The van der Waals surface area contributed by atoms with Gasteiger partial charge in [0.1, 0.15) is 6.54 Å². The van der Waals surface area contributed by atoms with Crippen LogP contribution in [0.1, 0.15) is 12.5 Å². The summed E-state index contributed by atoms with van der Waals surface area (Å²) in [6.07, 6.45) is 0. The van der Waals surface area contributed by atoms with Gasteiger partial charge in [0.25, 0.3) is 11.2 Å². The molecule has 3 aromatic rings. The van der Waals surface area contributed by atoms with Crippen LogP contribution in [0.3, 0.4) is 0 Å². The molecular weight excluding hydrogens is 346 g/mol. The SMILES string of the molecule is CCN(C(=O)Cn1c(=O)ccc2cc([N+](=O)[O-])ccc21)c1cccc(C)c1. The highest BCUT2D eigenvalue weighted by Gasteiger charge is 2.17. The molecule has 0 N–H and O–H groups in total. The number of pyridine rings is 1. The summed E-state index contributed by atoms with van der Waals surface area (Å²) in [6.45, 7) is 4.14. The van der Waals surface area contributed by atoms with E-state index in [4.69, 9.17) is 0 Å².